The van der Waals surface area contributed by atoms with E-state index in [0.29, 0.717) is 17.7 Å². The lowest BCUT2D eigenvalue weighted by molar-refractivity contribution is 0.0933. The largest absolute Gasteiger partial charge is 0.345 e. The molecule has 0 fully saturated rings. The van der Waals surface area contributed by atoms with Gasteiger partial charge in [0.15, 0.2) is 0 Å². The Hall–Kier alpha value is -2.50. The molecule has 1 N–H and O–H groups in total. The molecule has 23 heavy (non-hydrogen) atoms. The third-order valence-electron chi connectivity index (χ3n) is 4.44. The highest BCUT2D eigenvalue weighted by Gasteiger charge is 2.27. The normalized spacial score (nSPS) is 16.3. The van der Waals surface area contributed by atoms with Gasteiger partial charge in [-0.05, 0) is 55.5 Å². The van der Waals surface area contributed by atoms with E-state index in [2.05, 4.69) is 10.4 Å². The summed E-state index contributed by atoms with van der Waals surface area (Å²) in [5.41, 5.74) is 2.71. The Balaban J connectivity index is 1.94. The van der Waals surface area contributed by atoms with Crippen LogP contribution >= 0.6 is 0 Å². The molecule has 120 valence electrons. The monoisotopic (exact) mass is 315 g/mol. The van der Waals surface area contributed by atoms with E-state index < -0.39 is 11.5 Å². The van der Waals surface area contributed by atoms with Crippen molar-refractivity contribution in [2.45, 2.75) is 32.7 Å². The molecule has 0 saturated carbocycles. The number of nitrogens with one attached hydrogen (secondary N) is 1. The van der Waals surface area contributed by atoms with Gasteiger partial charge in [0.25, 0.3) is 11.5 Å². The molecule has 5 nitrogen and oxygen atoms in total. The topological polar surface area (TPSA) is 64.0 Å². The number of rotatable bonds is 2. The number of aryl methyl sites for hydroxylation is 3. The van der Waals surface area contributed by atoms with Crippen molar-refractivity contribution in [2.24, 2.45) is 7.05 Å². The lowest BCUT2D eigenvalue weighted by Gasteiger charge is -2.16. The summed E-state index contributed by atoms with van der Waals surface area (Å²) in [6, 6.07) is 4.36. The Kier molecular flexibility index (Phi) is 3.75. The number of hydrogen-bond acceptors (Lipinski definition) is 3. The predicted octanol–water partition coefficient (Wildman–Crippen LogP) is 1.95. The molecule has 1 atom stereocenters. The Morgan fingerprint density at radius 1 is 1.39 bits per heavy atom. The number of aromatic nitrogens is 2. The van der Waals surface area contributed by atoms with E-state index in [0.717, 1.165) is 17.5 Å². The van der Waals surface area contributed by atoms with Crippen LogP contribution in [0.25, 0.3) is 0 Å². The number of hydrogen-bond donors (Lipinski definition) is 1. The lowest BCUT2D eigenvalue weighted by Crippen LogP contribution is -2.36. The molecule has 1 aliphatic carbocycles. The van der Waals surface area contributed by atoms with Crippen LogP contribution in [0.3, 0.4) is 0 Å². The summed E-state index contributed by atoms with van der Waals surface area (Å²) in [5, 5.41) is 6.94. The van der Waals surface area contributed by atoms with Crippen molar-refractivity contribution < 1.29 is 9.18 Å². The molecule has 0 bridgehead atoms. The highest BCUT2D eigenvalue weighted by Crippen LogP contribution is 2.31. The molecule has 0 saturated heterocycles. The molecular formula is C17H18FN3O2. The molecule has 1 aromatic heterocycles. The maximum Gasteiger partial charge on any atom is 0.279 e. The van der Waals surface area contributed by atoms with Crippen LogP contribution in [0, 0.1) is 19.7 Å². The maximum atomic E-state index is 13.5. The van der Waals surface area contributed by atoms with Crippen LogP contribution in [0.2, 0.25) is 0 Å². The minimum Gasteiger partial charge on any atom is -0.345 e. The molecule has 1 heterocycles. The summed E-state index contributed by atoms with van der Waals surface area (Å²) in [4.78, 5) is 24.8. The van der Waals surface area contributed by atoms with E-state index in [9.17, 15) is 14.0 Å². The molecular weight excluding hydrogens is 297 g/mol. The Bertz CT molecular complexity index is 858. The fourth-order valence-electron chi connectivity index (χ4n) is 3.07. The van der Waals surface area contributed by atoms with Gasteiger partial charge in [-0.1, -0.05) is 6.07 Å². The summed E-state index contributed by atoms with van der Waals surface area (Å²) < 4.78 is 14.6. The summed E-state index contributed by atoms with van der Waals surface area (Å²) in [7, 11) is 1.52. The summed E-state index contributed by atoms with van der Waals surface area (Å²) >= 11 is 0. The second-order valence-corrected chi connectivity index (χ2v) is 5.92. The number of halogens is 1. The zero-order valence-corrected chi connectivity index (χ0v) is 13.3. The van der Waals surface area contributed by atoms with Crippen LogP contribution in [0.5, 0.6) is 0 Å². The molecule has 0 spiro atoms. The first kappa shape index (κ1) is 15.4. The van der Waals surface area contributed by atoms with E-state index >= 15 is 0 Å². The predicted molar refractivity (Wildman–Crippen MR) is 83.9 cm³/mol. The second-order valence-electron chi connectivity index (χ2n) is 5.92. The Morgan fingerprint density at radius 3 is 2.87 bits per heavy atom. The first-order chi connectivity index (χ1) is 10.9. The number of carbonyl (C=O) groups excluding carboxylic acids is 1. The fraction of sp³-hybridized carbons (Fsp3) is 0.353. The van der Waals surface area contributed by atoms with Gasteiger partial charge < -0.3 is 5.32 Å². The smallest absolute Gasteiger partial charge is 0.279 e. The fourth-order valence-corrected chi connectivity index (χ4v) is 3.07. The standard InChI is InChI=1S/C17H18FN3O2/c1-9-10(2)20-21(3)17(23)15(9)16(22)19-14-7-5-11-4-6-12(18)8-13(11)14/h4,6,8,14H,5,7H2,1-3H3,(H,19,22). The molecule has 3 rings (SSSR count). The highest BCUT2D eigenvalue weighted by atomic mass is 19.1. The molecule has 0 radical (unpaired) electrons. The van der Waals surface area contributed by atoms with E-state index in [-0.39, 0.29) is 17.4 Å². The zero-order valence-electron chi connectivity index (χ0n) is 13.3. The molecule has 0 aliphatic heterocycles. The average molecular weight is 315 g/mol. The van der Waals surface area contributed by atoms with Crippen molar-refractivity contribution in [1.82, 2.24) is 15.1 Å². The zero-order chi connectivity index (χ0) is 16.7. The van der Waals surface area contributed by atoms with Gasteiger partial charge in [0, 0.05) is 7.05 Å². The van der Waals surface area contributed by atoms with E-state index in [4.69, 9.17) is 0 Å². The van der Waals surface area contributed by atoms with Crippen molar-refractivity contribution in [3.8, 4) is 0 Å². The number of carbonyl (C=O) groups is 1. The second kappa shape index (κ2) is 5.61. The van der Waals surface area contributed by atoms with Gasteiger partial charge in [-0.2, -0.15) is 5.10 Å². The van der Waals surface area contributed by atoms with Gasteiger partial charge in [0.1, 0.15) is 11.4 Å². The molecule has 1 unspecified atom stereocenters. The summed E-state index contributed by atoms with van der Waals surface area (Å²) in [6.45, 7) is 3.46. The van der Waals surface area contributed by atoms with E-state index in [1.807, 2.05) is 0 Å². The van der Waals surface area contributed by atoms with Gasteiger partial charge in [0.2, 0.25) is 0 Å². The third kappa shape index (κ3) is 2.65. The van der Waals surface area contributed by atoms with Crippen LogP contribution in [0.1, 0.15) is 45.2 Å². The van der Waals surface area contributed by atoms with Gasteiger partial charge >= 0.3 is 0 Å². The minimum absolute atomic E-state index is 0.102. The van der Waals surface area contributed by atoms with E-state index in [1.54, 1.807) is 19.9 Å². The lowest BCUT2D eigenvalue weighted by atomic mass is 10.1. The Morgan fingerprint density at radius 2 is 2.13 bits per heavy atom. The molecule has 1 aromatic carbocycles. The highest BCUT2D eigenvalue weighted by molar-refractivity contribution is 5.95. The molecule has 1 aliphatic rings. The molecule has 6 heteroatoms. The van der Waals surface area contributed by atoms with Crippen LogP contribution in [-0.4, -0.2) is 15.7 Å². The molecule has 2 aromatic rings. The van der Waals surface area contributed by atoms with Crippen molar-refractivity contribution >= 4 is 5.91 Å². The maximum absolute atomic E-state index is 13.5. The van der Waals surface area contributed by atoms with Crippen molar-refractivity contribution in [2.75, 3.05) is 0 Å². The number of fused-ring (bicyclic) bond motifs is 1. The van der Waals surface area contributed by atoms with E-state index in [1.165, 1.54) is 23.9 Å². The minimum atomic E-state index is -0.435. The summed E-state index contributed by atoms with van der Waals surface area (Å²) in [6.07, 6.45) is 1.49. The first-order valence-corrected chi connectivity index (χ1v) is 7.52. The van der Waals surface area contributed by atoms with Crippen molar-refractivity contribution in [1.29, 1.82) is 0 Å². The summed E-state index contributed by atoms with van der Waals surface area (Å²) in [5.74, 6) is -0.757. The van der Waals surface area contributed by atoms with Gasteiger partial charge in [-0.25, -0.2) is 9.07 Å². The SMILES string of the molecule is Cc1nn(C)c(=O)c(C(=O)NC2CCc3ccc(F)cc32)c1C. The Labute approximate surface area is 133 Å². The van der Waals surface area contributed by atoms with Crippen molar-refractivity contribution in [3.05, 3.63) is 62.3 Å². The van der Waals surface area contributed by atoms with Crippen molar-refractivity contribution in [3.63, 3.8) is 0 Å². The van der Waals surface area contributed by atoms with Gasteiger partial charge in [-0.15, -0.1) is 0 Å². The van der Waals surface area contributed by atoms with Gasteiger partial charge in [0.05, 0.1) is 11.7 Å². The number of amides is 1. The average Bonchev–Trinajstić information content (AvgIpc) is 2.88. The van der Waals surface area contributed by atoms with Crippen LogP contribution in [-0.2, 0) is 13.5 Å². The number of nitrogens with zero attached hydrogens (tertiary/aromatic N) is 2. The first-order valence-electron chi connectivity index (χ1n) is 7.52. The van der Waals surface area contributed by atoms with Crippen LogP contribution in [0.15, 0.2) is 23.0 Å². The third-order valence-corrected chi connectivity index (χ3v) is 4.44. The van der Waals surface area contributed by atoms with Gasteiger partial charge in [-0.3, -0.25) is 9.59 Å². The van der Waals surface area contributed by atoms with Crippen LogP contribution < -0.4 is 10.9 Å². The quantitative estimate of drug-likeness (QED) is 0.921. The number of benzene rings is 1. The van der Waals surface area contributed by atoms with Crippen LogP contribution in [0.4, 0.5) is 4.39 Å². The molecule has 1 amide bonds.